The molecule has 8 heteroatoms. The predicted octanol–water partition coefficient (Wildman–Crippen LogP) is -0.327. The van der Waals surface area contributed by atoms with E-state index in [1.54, 1.807) is 17.8 Å². The summed E-state index contributed by atoms with van der Waals surface area (Å²) < 4.78 is 24.8. The molecule has 0 radical (unpaired) electrons. The van der Waals surface area contributed by atoms with Gasteiger partial charge in [0.15, 0.2) is 9.84 Å². The van der Waals surface area contributed by atoms with Gasteiger partial charge in [-0.05, 0) is 19.4 Å². The van der Waals surface area contributed by atoms with E-state index >= 15 is 0 Å². The standard InChI is InChI=1S/C14H22N4O3S/c1-11-9-13(16(2)15-11)14(19)18-6-4-17(5-7-18)12-3-8-22(20,21)10-12/h9,12H,3-8,10H2,1-2H3. The molecular formula is C14H22N4O3S. The summed E-state index contributed by atoms with van der Waals surface area (Å²) in [5.41, 5.74) is 1.44. The van der Waals surface area contributed by atoms with Gasteiger partial charge in [0.25, 0.3) is 5.91 Å². The highest BCUT2D eigenvalue weighted by molar-refractivity contribution is 7.91. The lowest BCUT2D eigenvalue weighted by Gasteiger charge is -2.37. The highest BCUT2D eigenvalue weighted by atomic mass is 32.2. The number of piperazine rings is 1. The van der Waals surface area contributed by atoms with E-state index in [2.05, 4.69) is 10.00 Å². The Balaban J connectivity index is 1.60. The van der Waals surface area contributed by atoms with Crippen molar-refractivity contribution in [2.75, 3.05) is 37.7 Å². The maximum Gasteiger partial charge on any atom is 0.272 e. The zero-order valence-electron chi connectivity index (χ0n) is 13.0. The quantitative estimate of drug-likeness (QED) is 0.744. The van der Waals surface area contributed by atoms with E-state index in [1.807, 2.05) is 11.8 Å². The lowest BCUT2D eigenvalue weighted by molar-refractivity contribution is 0.0577. The van der Waals surface area contributed by atoms with Gasteiger partial charge in [-0.15, -0.1) is 0 Å². The largest absolute Gasteiger partial charge is 0.335 e. The number of nitrogens with zero attached hydrogens (tertiary/aromatic N) is 4. The van der Waals surface area contributed by atoms with Crippen LogP contribution in [0.1, 0.15) is 22.6 Å². The molecule has 0 aromatic carbocycles. The van der Waals surface area contributed by atoms with Crippen LogP contribution in [0.4, 0.5) is 0 Å². The summed E-state index contributed by atoms with van der Waals surface area (Å²) >= 11 is 0. The first-order valence-corrected chi connectivity index (χ1v) is 9.42. The Morgan fingerprint density at radius 2 is 1.95 bits per heavy atom. The van der Waals surface area contributed by atoms with Gasteiger partial charge in [0.1, 0.15) is 5.69 Å². The van der Waals surface area contributed by atoms with Crippen LogP contribution in [0.15, 0.2) is 6.07 Å². The van der Waals surface area contributed by atoms with Gasteiger partial charge in [-0.2, -0.15) is 5.10 Å². The van der Waals surface area contributed by atoms with Crippen molar-refractivity contribution in [3.8, 4) is 0 Å². The molecule has 0 N–H and O–H groups in total. The number of amides is 1. The summed E-state index contributed by atoms with van der Waals surface area (Å²) in [5, 5.41) is 4.21. The third kappa shape index (κ3) is 3.03. The number of rotatable bonds is 2. The number of hydrogen-bond donors (Lipinski definition) is 0. The minimum absolute atomic E-state index is 0.00166. The second kappa shape index (κ2) is 5.66. The van der Waals surface area contributed by atoms with Gasteiger partial charge in [0, 0.05) is 39.3 Å². The second-order valence-electron chi connectivity index (χ2n) is 6.18. The van der Waals surface area contributed by atoms with Gasteiger partial charge in [0.05, 0.1) is 17.2 Å². The van der Waals surface area contributed by atoms with Gasteiger partial charge in [0.2, 0.25) is 0 Å². The lowest BCUT2D eigenvalue weighted by atomic mass is 10.2. The Labute approximate surface area is 130 Å². The summed E-state index contributed by atoms with van der Waals surface area (Å²) in [5.74, 6) is 0.564. The normalized spacial score (nSPS) is 25.5. The van der Waals surface area contributed by atoms with Gasteiger partial charge >= 0.3 is 0 Å². The zero-order chi connectivity index (χ0) is 15.9. The minimum Gasteiger partial charge on any atom is -0.335 e. The Hall–Kier alpha value is -1.41. The SMILES string of the molecule is Cc1cc(C(=O)N2CCN(C3CCS(=O)(=O)C3)CC2)n(C)n1. The molecule has 2 aliphatic rings. The number of carbonyl (C=O) groups excluding carboxylic acids is 1. The zero-order valence-corrected chi connectivity index (χ0v) is 13.8. The molecule has 2 aliphatic heterocycles. The van der Waals surface area contributed by atoms with Gasteiger partial charge < -0.3 is 4.90 Å². The fraction of sp³-hybridized carbons (Fsp3) is 0.714. The third-order valence-electron chi connectivity index (χ3n) is 4.55. The number of sulfone groups is 1. The smallest absolute Gasteiger partial charge is 0.272 e. The Kier molecular flexibility index (Phi) is 3.98. The maximum absolute atomic E-state index is 12.5. The van der Waals surface area contributed by atoms with Crippen LogP contribution in [0, 0.1) is 6.92 Å². The van der Waals surface area contributed by atoms with Crippen LogP contribution < -0.4 is 0 Å². The minimum atomic E-state index is -2.85. The van der Waals surface area contributed by atoms with Crippen LogP contribution in [0.5, 0.6) is 0 Å². The molecule has 0 bridgehead atoms. The summed E-state index contributed by atoms with van der Waals surface area (Å²) in [6.45, 7) is 4.62. The van der Waals surface area contributed by atoms with Crippen LogP contribution in [0.25, 0.3) is 0 Å². The molecule has 122 valence electrons. The highest BCUT2D eigenvalue weighted by Gasteiger charge is 2.34. The molecule has 3 heterocycles. The topological polar surface area (TPSA) is 75.5 Å². The van der Waals surface area contributed by atoms with Gasteiger partial charge in [-0.1, -0.05) is 0 Å². The Morgan fingerprint density at radius 3 is 2.45 bits per heavy atom. The molecule has 7 nitrogen and oxygen atoms in total. The Bertz CT molecular complexity index is 674. The van der Waals surface area contributed by atoms with E-state index in [-0.39, 0.29) is 17.7 Å². The predicted molar refractivity (Wildman–Crippen MR) is 82.5 cm³/mol. The number of aromatic nitrogens is 2. The first kappa shape index (κ1) is 15.5. The third-order valence-corrected chi connectivity index (χ3v) is 6.30. The molecule has 1 unspecified atom stereocenters. The molecule has 0 spiro atoms. The van der Waals surface area contributed by atoms with Crippen molar-refractivity contribution in [3.05, 3.63) is 17.5 Å². The molecule has 1 atom stereocenters. The van der Waals surface area contributed by atoms with Crippen LogP contribution in [0.2, 0.25) is 0 Å². The van der Waals surface area contributed by atoms with E-state index in [0.29, 0.717) is 24.5 Å². The van der Waals surface area contributed by atoms with Crippen LogP contribution >= 0.6 is 0 Å². The molecule has 1 amide bonds. The summed E-state index contributed by atoms with van der Waals surface area (Å²) in [4.78, 5) is 16.6. The van der Waals surface area contributed by atoms with Crippen LogP contribution in [-0.2, 0) is 16.9 Å². The van der Waals surface area contributed by atoms with E-state index < -0.39 is 9.84 Å². The monoisotopic (exact) mass is 326 g/mol. The van der Waals surface area contributed by atoms with Crippen LogP contribution in [-0.4, -0.2) is 77.6 Å². The second-order valence-corrected chi connectivity index (χ2v) is 8.41. The van der Waals surface area contributed by atoms with Crippen molar-refractivity contribution in [2.24, 2.45) is 7.05 Å². The number of carbonyl (C=O) groups is 1. The first-order valence-electron chi connectivity index (χ1n) is 7.60. The van der Waals surface area contributed by atoms with Crippen molar-refractivity contribution in [1.29, 1.82) is 0 Å². The van der Waals surface area contributed by atoms with Crippen molar-refractivity contribution < 1.29 is 13.2 Å². The summed E-state index contributed by atoms with van der Waals surface area (Å²) in [7, 11) is -1.08. The number of hydrogen-bond acceptors (Lipinski definition) is 5. The molecule has 1 aromatic heterocycles. The molecule has 22 heavy (non-hydrogen) atoms. The Morgan fingerprint density at radius 1 is 1.27 bits per heavy atom. The maximum atomic E-state index is 12.5. The van der Waals surface area contributed by atoms with E-state index in [1.165, 1.54) is 0 Å². The molecule has 2 saturated heterocycles. The van der Waals surface area contributed by atoms with E-state index in [4.69, 9.17) is 0 Å². The molecule has 1 aromatic rings. The first-order chi connectivity index (χ1) is 10.4. The molecular weight excluding hydrogens is 304 g/mol. The van der Waals surface area contributed by atoms with Crippen molar-refractivity contribution in [1.82, 2.24) is 19.6 Å². The van der Waals surface area contributed by atoms with Crippen LogP contribution in [0.3, 0.4) is 0 Å². The fourth-order valence-corrected chi connectivity index (χ4v) is 5.09. The lowest BCUT2D eigenvalue weighted by Crippen LogP contribution is -2.52. The molecule has 3 rings (SSSR count). The van der Waals surface area contributed by atoms with Gasteiger partial charge in [-0.25, -0.2) is 8.42 Å². The highest BCUT2D eigenvalue weighted by Crippen LogP contribution is 2.20. The average molecular weight is 326 g/mol. The molecule has 0 saturated carbocycles. The van der Waals surface area contributed by atoms with Crippen molar-refractivity contribution in [3.63, 3.8) is 0 Å². The molecule has 2 fully saturated rings. The summed E-state index contributed by atoms with van der Waals surface area (Å²) in [6.07, 6.45) is 0.719. The summed E-state index contributed by atoms with van der Waals surface area (Å²) in [6, 6.07) is 1.93. The average Bonchev–Trinajstić information content (AvgIpc) is 3.00. The fourth-order valence-electron chi connectivity index (χ4n) is 3.33. The number of aryl methyl sites for hydroxylation is 2. The molecule has 0 aliphatic carbocycles. The van der Waals surface area contributed by atoms with Crippen molar-refractivity contribution in [2.45, 2.75) is 19.4 Å². The van der Waals surface area contributed by atoms with Crippen molar-refractivity contribution >= 4 is 15.7 Å². The van der Waals surface area contributed by atoms with E-state index in [9.17, 15) is 13.2 Å². The van der Waals surface area contributed by atoms with Gasteiger partial charge in [-0.3, -0.25) is 14.4 Å². The van der Waals surface area contributed by atoms with E-state index in [0.717, 1.165) is 25.2 Å².